The molecule has 25 heavy (non-hydrogen) atoms. The minimum atomic E-state index is -1.07. The average Bonchev–Trinajstić information content (AvgIpc) is 2.89. The molecule has 1 aliphatic carbocycles. The van der Waals surface area contributed by atoms with Crippen LogP contribution < -0.4 is 18.9 Å². The fourth-order valence-corrected chi connectivity index (χ4v) is 3.26. The van der Waals surface area contributed by atoms with Gasteiger partial charge in [0.2, 0.25) is 0 Å². The summed E-state index contributed by atoms with van der Waals surface area (Å²) in [5.74, 6) is -1.19. The number of aromatic carboxylic acids is 1. The van der Waals surface area contributed by atoms with Gasteiger partial charge in [0, 0.05) is 27.7 Å². The number of aromatic nitrogens is 3. The van der Waals surface area contributed by atoms with Crippen LogP contribution in [-0.2, 0) is 0 Å². The number of hydrogen-bond acceptors (Lipinski definition) is 3. The molecule has 0 unspecified atom stereocenters. The van der Waals surface area contributed by atoms with Crippen molar-refractivity contribution in [1.82, 2.24) is 14.6 Å². The van der Waals surface area contributed by atoms with Gasteiger partial charge >= 0.3 is 24.8 Å². The van der Waals surface area contributed by atoms with E-state index >= 15 is 0 Å². The third-order valence-electron chi connectivity index (χ3n) is 4.40. The van der Waals surface area contributed by atoms with Crippen LogP contribution in [0.4, 0.5) is 4.39 Å². The van der Waals surface area contributed by atoms with Crippen molar-refractivity contribution in [2.75, 3.05) is 0 Å². The Morgan fingerprint density at radius 2 is 2.08 bits per heavy atom. The first kappa shape index (κ1) is 18.1. The molecule has 0 aliphatic heterocycles. The van der Waals surface area contributed by atoms with E-state index < -0.39 is 11.8 Å². The predicted octanol–water partition coefficient (Wildman–Crippen LogP) is 1.38. The molecule has 0 saturated heterocycles. The second-order valence-electron chi connectivity index (χ2n) is 5.92. The minimum Gasteiger partial charge on any atom is -1.00 e. The number of hydrogen-bond donors (Lipinski definition) is 1. The fourth-order valence-electron chi connectivity index (χ4n) is 2.93. The molecule has 4 rings (SSSR count). The maximum atomic E-state index is 14.2. The third-order valence-corrected chi connectivity index (χ3v) is 4.90. The summed E-state index contributed by atoms with van der Waals surface area (Å²) in [7, 11) is 0. The number of carboxylic acids is 1. The van der Waals surface area contributed by atoms with E-state index in [2.05, 4.69) is 26.0 Å². The number of benzene rings is 1. The first-order chi connectivity index (χ1) is 11.5. The molecule has 1 saturated carbocycles. The zero-order valence-corrected chi connectivity index (χ0v) is 15.1. The van der Waals surface area contributed by atoms with Crippen molar-refractivity contribution in [1.29, 1.82) is 0 Å². The Kier molecular flexibility index (Phi) is 5.01. The number of carbonyl (C=O) groups is 1. The Morgan fingerprint density at radius 1 is 1.32 bits per heavy atom. The van der Waals surface area contributed by atoms with Gasteiger partial charge in [-0.25, -0.2) is 18.7 Å². The Balaban J connectivity index is 0.00000121. The SMILES string of the molecule is O=C(O)c1cc(C2CCC2)n2nc(-c3ccc(Br)cc3F)cc2n1.[H-].[Li+]. The molecule has 8 heteroatoms. The maximum Gasteiger partial charge on any atom is 1.00 e. The summed E-state index contributed by atoms with van der Waals surface area (Å²) in [6, 6.07) is 7.96. The Bertz CT molecular complexity index is 978. The van der Waals surface area contributed by atoms with E-state index in [9.17, 15) is 14.3 Å². The van der Waals surface area contributed by atoms with Gasteiger partial charge in [0.1, 0.15) is 5.82 Å². The van der Waals surface area contributed by atoms with Gasteiger partial charge < -0.3 is 6.53 Å². The molecule has 124 valence electrons. The number of fused-ring (bicyclic) bond motifs is 1. The smallest absolute Gasteiger partial charge is 1.00 e. The molecule has 5 nitrogen and oxygen atoms in total. The zero-order chi connectivity index (χ0) is 16.8. The van der Waals surface area contributed by atoms with Crippen LogP contribution in [0.15, 0.2) is 34.8 Å². The van der Waals surface area contributed by atoms with Gasteiger partial charge in [0.05, 0.1) is 5.69 Å². The molecule has 2 heterocycles. The zero-order valence-electron chi connectivity index (χ0n) is 14.5. The molecule has 0 radical (unpaired) electrons. The molecule has 1 fully saturated rings. The Labute approximate surface area is 165 Å². The van der Waals surface area contributed by atoms with Crippen LogP contribution in [0.25, 0.3) is 16.9 Å². The van der Waals surface area contributed by atoms with Gasteiger partial charge in [-0.1, -0.05) is 22.4 Å². The van der Waals surface area contributed by atoms with E-state index in [-0.39, 0.29) is 31.9 Å². The molecule has 0 amide bonds. The Hall–Kier alpha value is -1.68. The molecule has 0 atom stereocenters. The summed E-state index contributed by atoms with van der Waals surface area (Å²) in [6.07, 6.45) is 3.12. The van der Waals surface area contributed by atoms with E-state index in [1.807, 2.05) is 0 Å². The van der Waals surface area contributed by atoms with Gasteiger partial charge in [0.15, 0.2) is 11.3 Å². The maximum absolute atomic E-state index is 14.2. The summed E-state index contributed by atoms with van der Waals surface area (Å²) in [5, 5.41) is 13.8. The average molecular weight is 398 g/mol. The molecule has 3 aromatic rings. The van der Waals surface area contributed by atoms with Gasteiger partial charge in [-0.05, 0) is 37.1 Å². The normalized spacial score (nSPS) is 14.2. The molecule has 0 bridgehead atoms. The van der Waals surface area contributed by atoms with Crippen molar-refractivity contribution < 1.29 is 34.6 Å². The number of rotatable bonds is 3. The van der Waals surface area contributed by atoms with Crippen LogP contribution in [0.2, 0.25) is 0 Å². The molecule has 0 spiro atoms. The molecular weight excluding hydrogens is 384 g/mol. The topological polar surface area (TPSA) is 67.5 Å². The molecule has 1 aliphatic rings. The standard InChI is InChI=1S/C17H13BrFN3O2.Li.H/c18-10-4-5-11(12(19)6-10)13-8-16-20-14(17(23)24)7-15(22(16)21-13)9-2-1-3-9;;/h4-9H,1-3H2,(H,23,24);;/q;+1;-1. The Morgan fingerprint density at radius 3 is 2.68 bits per heavy atom. The van der Waals surface area contributed by atoms with E-state index in [0.29, 0.717) is 21.4 Å². The number of halogens is 2. The van der Waals surface area contributed by atoms with Crippen LogP contribution in [0.1, 0.15) is 42.8 Å². The molecule has 1 aromatic carbocycles. The first-order valence-corrected chi connectivity index (χ1v) is 8.41. The summed E-state index contributed by atoms with van der Waals surface area (Å²) in [4.78, 5) is 15.5. The quantitative estimate of drug-likeness (QED) is 0.678. The predicted molar refractivity (Wildman–Crippen MR) is 90.7 cm³/mol. The van der Waals surface area contributed by atoms with Crippen molar-refractivity contribution in [3.63, 3.8) is 0 Å². The minimum absolute atomic E-state index is 0. The van der Waals surface area contributed by atoms with Gasteiger partial charge in [-0.2, -0.15) is 5.10 Å². The molecule has 2 aromatic heterocycles. The van der Waals surface area contributed by atoms with Gasteiger partial charge in [-0.15, -0.1) is 0 Å². The number of carboxylic acid groups (broad SMARTS) is 1. The van der Waals surface area contributed by atoms with Crippen molar-refractivity contribution in [2.45, 2.75) is 25.2 Å². The monoisotopic (exact) mass is 397 g/mol. The van der Waals surface area contributed by atoms with Crippen LogP contribution in [-0.4, -0.2) is 25.7 Å². The van der Waals surface area contributed by atoms with Crippen molar-refractivity contribution in [3.8, 4) is 11.3 Å². The van der Waals surface area contributed by atoms with Gasteiger partial charge in [-0.3, -0.25) is 0 Å². The molecule has 1 N–H and O–H groups in total. The van der Waals surface area contributed by atoms with Crippen LogP contribution in [0, 0.1) is 5.82 Å². The first-order valence-electron chi connectivity index (χ1n) is 7.62. The second kappa shape index (κ2) is 6.91. The number of nitrogens with zero attached hydrogens (tertiary/aromatic N) is 3. The fraction of sp³-hybridized carbons (Fsp3) is 0.235. The largest absolute Gasteiger partial charge is 1.00 e. The van der Waals surface area contributed by atoms with Crippen molar-refractivity contribution >= 4 is 27.5 Å². The van der Waals surface area contributed by atoms with Crippen LogP contribution in [0.5, 0.6) is 0 Å². The van der Waals surface area contributed by atoms with Crippen molar-refractivity contribution in [2.24, 2.45) is 0 Å². The summed E-state index contributed by atoms with van der Waals surface area (Å²) >= 11 is 3.23. The van der Waals surface area contributed by atoms with Crippen LogP contribution in [0.3, 0.4) is 0 Å². The third kappa shape index (κ3) is 3.24. The van der Waals surface area contributed by atoms with E-state index in [1.54, 1.807) is 28.8 Å². The van der Waals surface area contributed by atoms with E-state index in [1.165, 1.54) is 6.07 Å². The summed E-state index contributed by atoms with van der Waals surface area (Å²) in [6.45, 7) is 0. The summed E-state index contributed by atoms with van der Waals surface area (Å²) in [5.41, 5.74) is 2.05. The van der Waals surface area contributed by atoms with Crippen LogP contribution >= 0.6 is 15.9 Å². The van der Waals surface area contributed by atoms with E-state index in [4.69, 9.17) is 0 Å². The second-order valence-corrected chi connectivity index (χ2v) is 6.84. The summed E-state index contributed by atoms with van der Waals surface area (Å²) < 4.78 is 16.5. The van der Waals surface area contributed by atoms with Gasteiger partial charge in [0.25, 0.3) is 0 Å². The van der Waals surface area contributed by atoms with E-state index in [0.717, 1.165) is 25.0 Å². The molecular formula is C17H14BrFLiN3O2. The van der Waals surface area contributed by atoms with Crippen molar-refractivity contribution in [3.05, 3.63) is 52.0 Å².